The van der Waals surface area contributed by atoms with Crippen molar-refractivity contribution in [1.82, 2.24) is 4.98 Å². The van der Waals surface area contributed by atoms with Crippen LogP contribution in [0.4, 0.5) is 5.13 Å². The second-order valence-corrected chi connectivity index (χ2v) is 5.11. The first-order chi connectivity index (χ1) is 7.70. The minimum atomic E-state index is 0.283. The third-order valence-electron chi connectivity index (χ3n) is 2.74. The van der Waals surface area contributed by atoms with Crippen molar-refractivity contribution in [2.75, 3.05) is 18.5 Å². The predicted molar refractivity (Wildman–Crippen MR) is 63.8 cm³/mol. The fourth-order valence-electron chi connectivity index (χ4n) is 1.71. The summed E-state index contributed by atoms with van der Waals surface area (Å²) < 4.78 is 5.47. The van der Waals surface area contributed by atoms with Gasteiger partial charge >= 0.3 is 0 Å². The molecule has 1 aliphatic rings. The van der Waals surface area contributed by atoms with E-state index in [9.17, 15) is 0 Å². The summed E-state index contributed by atoms with van der Waals surface area (Å²) in [6, 6.07) is 2.01. The Balaban J connectivity index is 1.92. The number of hydrogen-bond donors (Lipinski definition) is 1. The molecule has 0 amide bonds. The molecule has 1 aromatic rings. The van der Waals surface area contributed by atoms with Crippen LogP contribution in [-0.2, 0) is 4.74 Å². The monoisotopic (exact) mass is 257 g/mol. The van der Waals surface area contributed by atoms with E-state index in [0.717, 1.165) is 19.6 Å². The first-order valence-electron chi connectivity index (χ1n) is 5.12. The molecule has 1 aromatic heterocycles. The smallest absolute Gasteiger partial charge is 0.185 e. The lowest BCUT2D eigenvalue weighted by molar-refractivity contribution is 0.108. The molecule has 1 saturated heterocycles. The van der Waals surface area contributed by atoms with Gasteiger partial charge in [-0.1, -0.05) is 22.9 Å². The fraction of sp³-hybridized carbons (Fsp3) is 0.600. The summed E-state index contributed by atoms with van der Waals surface area (Å²) in [5.41, 5.74) is 0. The Morgan fingerprint density at radius 2 is 2.56 bits per heavy atom. The van der Waals surface area contributed by atoms with Crippen LogP contribution in [0, 0.1) is 17.2 Å². The van der Waals surface area contributed by atoms with E-state index in [2.05, 4.69) is 17.2 Å². The highest BCUT2D eigenvalue weighted by molar-refractivity contribution is 7.16. The van der Waals surface area contributed by atoms with Crippen LogP contribution in [0.2, 0.25) is 5.15 Å². The molecule has 1 N–H and O–H groups in total. The van der Waals surface area contributed by atoms with Gasteiger partial charge in [0, 0.05) is 19.1 Å². The van der Waals surface area contributed by atoms with Crippen molar-refractivity contribution in [3.63, 3.8) is 0 Å². The minimum Gasteiger partial charge on any atom is -0.378 e. The van der Waals surface area contributed by atoms with Crippen molar-refractivity contribution in [2.24, 2.45) is 5.92 Å². The fourth-order valence-corrected chi connectivity index (χ4v) is 2.66. The van der Waals surface area contributed by atoms with Crippen LogP contribution in [0.5, 0.6) is 0 Å². The van der Waals surface area contributed by atoms with Crippen LogP contribution < -0.4 is 5.32 Å². The molecule has 0 bridgehead atoms. The van der Waals surface area contributed by atoms with E-state index in [4.69, 9.17) is 21.6 Å². The highest BCUT2D eigenvalue weighted by atomic mass is 35.5. The van der Waals surface area contributed by atoms with E-state index in [-0.39, 0.29) is 5.15 Å². The summed E-state index contributed by atoms with van der Waals surface area (Å²) in [4.78, 5) is 4.54. The van der Waals surface area contributed by atoms with Gasteiger partial charge < -0.3 is 10.1 Å². The molecule has 1 fully saturated rings. The molecule has 2 rings (SSSR count). The maximum Gasteiger partial charge on any atom is 0.185 e. The van der Waals surface area contributed by atoms with Gasteiger partial charge in [0.2, 0.25) is 0 Å². The Morgan fingerprint density at radius 1 is 1.75 bits per heavy atom. The average molecular weight is 258 g/mol. The minimum absolute atomic E-state index is 0.283. The first-order valence-corrected chi connectivity index (χ1v) is 6.32. The summed E-state index contributed by atoms with van der Waals surface area (Å²) in [5.74, 6) is 0.508. The second-order valence-electron chi connectivity index (χ2n) is 3.76. The molecule has 2 atom stereocenters. The van der Waals surface area contributed by atoms with Crippen LogP contribution >= 0.6 is 22.9 Å². The Labute approximate surface area is 103 Å². The van der Waals surface area contributed by atoms with Crippen molar-refractivity contribution in [2.45, 2.75) is 19.4 Å². The molecule has 6 heteroatoms. The zero-order valence-electron chi connectivity index (χ0n) is 8.86. The molecule has 0 saturated carbocycles. The van der Waals surface area contributed by atoms with Crippen LogP contribution in [-0.4, -0.2) is 24.2 Å². The van der Waals surface area contributed by atoms with Gasteiger partial charge in [0.15, 0.2) is 10.3 Å². The van der Waals surface area contributed by atoms with Gasteiger partial charge in [-0.05, 0) is 13.3 Å². The molecule has 16 heavy (non-hydrogen) atoms. The molecule has 0 spiro atoms. The third-order valence-corrected chi connectivity index (χ3v) is 4.04. The molecular formula is C10H12ClN3OS. The lowest BCUT2D eigenvalue weighted by Gasteiger charge is -2.13. The molecule has 4 nitrogen and oxygen atoms in total. The van der Waals surface area contributed by atoms with Gasteiger partial charge in [-0.3, -0.25) is 0 Å². The van der Waals surface area contributed by atoms with Crippen molar-refractivity contribution < 1.29 is 4.74 Å². The average Bonchev–Trinajstić information content (AvgIpc) is 2.82. The number of ether oxygens (including phenoxy) is 1. The summed E-state index contributed by atoms with van der Waals surface area (Å²) in [5, 5.41) is 12.9. The standard InChI is InChI=1S/C10H12ClN3OS/c1-6-7(2-3-15-6)5-13-10-14-9(11)8(4-12)16-10/h6-7H,2-3,5H2,1H3,(H,13,14). The Bertz CT molecular complexity index is 415. The number of halogens is 1. The van der Waals surface area contributed by atoms with E-state index in [1.54, 1.807) is 0 Å². The number of hydrogen-bond acceptors (Lipinski definition) is 5. The molecule has 1 aliphatic heterocycles. The highest BCUT2D eigenvalue weighted by Gasteiger charge is 2.24. The number of thiazole rings is 1. The summed E-state index contributed by atoms with van der Waals surface area (Å²) >= 11 is 7.07. The maximum absolute atomic E-state index is 8.74. The lowest BCUT2D eigenvalue weighted by atomic mass is 10.0. The second kappa shape index (κ2) is 5.00. The molecule has 2 heterocycles. The van der Waals surface area contributed by atoms with Crippen LogP contribution in [0.25, 0.3) is 0 Å². The molecule has 0 aromatic carbocycles. The van der Waals surface area contributed by atoms with Gasteiger partial charge in [-0.25, -0.2) is 4.98 Å². The Hall–Kier alpha value is -0.830. The molecule has 86 valence electrons. The largest absolute Gasteiger partial charge is 0.378 e. The summed E-state index contributed by atoms with van der Waals surface area (Å²) in [7, 11) is 0. The SMILES string of the molecule is CC1OCCC1CNc1nc(Cl)c(C#N)s1. The molecular weight excluding hydrogens is 246 g/mol. The Morgan fingerprint density at radius 3 is 3.12 bits per heavy atom. The number of nitriles is 1. The van der Waals surface area contributed by atoms with Crippen LogP contribution in [0.1, 0.15) is 18.2 Å². The first kappa shape index (κ1) is 11.6. The summed E-state index contributed by atoms with van der Waals surface area (Å²) in [6.45, 7) is 3.72. The quantitative estimate of drug-likeness (QED) is 0.904. The number of anilines is 1. The van der Waals surface area contributed by atoms with E-state index >= 15 is 0 Å². The van der Waals surface area contributed by atoms with Gasteiger partial charge in [-0.15, -0.1) is 0 Å². The third kappa shape index (κ3) is 2.46. The molecule has 0 aliphatic carbocycles. The van der Waals surface area contributed by atoms with Gasteiger partial charge in [0.25, 0.3) is 0 Å². The number of rotatable bonds is 3. The lowest BCUT2D eigenvalue weighted by Crippen LogP contribution is -2.20. The molecule has 0 radical (unpaired) electrons. The zero-order valence-corrected chi connectivity index (χ0v) is 10.4. The van der Waals surface area contributed by atoms with Gasteiger partial charge in [0.1, 0.15) is 10.9 Å². The molecule has 2 unspecified atom stereocenters. The maximum atomic E-state index is 8.74. The number of aromatic nitrogens is 1. The van der Waals surface area contributed by atoms with Gasteiger partial charge in [0.05, 0.1) is 6.10 Å². The van der Waals surface area contributed by atoms with E-state index in [1.165, 1.54) is 11.3 Å². The predicted octanol–water partition coefficient (Wildman–Crippen LogP) is 2.51. The van der Waals surface area contributed by atoms with Crippen molar-refractivity contribution in [3.05, 3.63) is 10.0 Å². The van der Waals surface area contributed by atoms with Crippen molar-refractivity contribution in [1.29, 1.82) is 5.26 Å². The number of nitrogens with one attached hydrogen (secondary N) is 1. The highest BCUT2D eigenvalue weighted by Crippen LogP contribution is 2.27. The van der Waals surface area contributed by atoms with E-state index < -0.39 is 0 Å². The van der Waals surface area contributed by atoms with E-state index in [0.29, 0.717) is 22.0 Å². The van der Waals surface area contributed by atoms with Crippen LogP contribution in [0.15, 0.2) is 0 Å². The summed E-state index contributed by atoms with van der Waals surface area (Å²) in [6.07, 6.45) is 1.36. The van der Waals surface area contributed by atoms with E-state index in [1.807, 2.05) is 6.07 Å². The van der Waals surface area contributed by atoms with Gasteiger partial charge in [-0.2, -0.15) is 5.26 Å². The zero-order chi connectivity index (χ0) is 11.5. The Kier molecular flexibility index (Phi) is 3.64. The number of nitrogens with zero attached hydrogens (tertiary/aromatic N) is 2. The van der Waals surface area contributed by atoms with Crippen LogP contribution in [0.3, 0.4) is 0 Å². The van der Waals surface area contributed by atoms with Crippen molar-refractivity contribution >= 4 is 28.1 Å². The topological polar surface area (TPSA) is 57.9 Å². The van der Waals surface area contributed by atoms with Crippen molar-refractivity contribution in [3.8, 4) is 6.07 Å². The normalized spacial score (nSPS) is 24.3.